The average molecular weight is 328 g/mol. The highest BCUT2D eigenvalue weighted by Crippen LogP contribution is 2.27. The van der Waals surface area contributed by atoms with Gasteiger partial charge < -0.3 is 14.6 Å². The minimum absolute atomic E-state index is 0.0418. The fourth-order valence-electron chi connectivity index (χ4n) is 3.31. The molecule has 0 bridgehead atoms. The number of ether oxygens (including phenoxy) is 1. The minimum Gasteiger partial charge on any atom is -0.495 e. The Kier molecular flexibility index (Phi) is 5.07. The number of carbonyl (C=O) groups is 1. The molecule has 0 spiro atoms. The van der Waals surface area contributed by atoms with Gasteiger partial charge in [-0.25, -0.2) is 0 Å². The summed E-state index contributed by atoms with van der Waals surface area (Å²) < 4.78 is 7.57. The van der Waals surface area contributed by atoms with E-state index in [1.807, 2.05) is 45.0 Å². The molecule has 0 saturated carbocycles. The molecule has 0 radical (unpaired) electrons. The maximum atomic E-state index is 12.7. The molecule has 4 heteroatoms. The summed E-state index contributed by atoms with van der Waals surface area (Å²) in [6.07, 6.45) is 0. The molecule has 130 valence electrons. The molecule has 0 amide bonds. The van der Waals surface area contributed by atoms with Gasteiger partial charge in [0.1, 0.15) is 5.75 Å². The van der Waals surface area contributed by atoms with E-state index in [4.69, 9.17) is 4.74 Å². The van der Waals surface area contributed by atoms with Crippen LogP contribution < -0.4 is 10.1 Å². The molecule has 1 N–H and O–H groups in total. The molecule has 0 aliphatic heterocycles. The van der Waals surface area contributed by atoms with Gasteiger partial charge >= 0.3 is 0 Å². The third-order valence-corrected chi connectivity index (χ3v) is 4.20. The monoisotopic (exact) mass is 328 g/mol. The summed E-state index contributed by atoms with van der Waals surface area (Å²) in [6.45, 7) is 12.8. The Hall–Kier alpha value is -2.23. The second kappa shape index (κ2) is 6.71. The fourth-order valence-corrected chi connectivity index (χ4v) is 3.31. The number of methoxy groups -OCH3 is 1. The number of aromatic nitrogens is 1. The van der Waals surface area contributed by atoms with E-state index < -0.39 is 0 Å². The average Bonchev–Trinajstić information content (AvgIpc) is 2.79. The summed E-state index contributed by atoms with van der Waals surface area (Å²) in [5, 5.41) is 3.21. The van der Waals surface area contributed by atoms with Gasteiger partial charge in [-0.05, 0) is 65.3 Å². The van der Waals surface area contributed by atoms with Gasteiger partial charge in [-0.15, -0.1) is 0 Å². The van der Waals surface area contributed by atoms with E-state index in [1.54, 1.807) is 7.11 Å². The van der Waals surface area contributed by atoms with Gasteiger partial charge in [0.25, 0.3) is 0 Å². The lowest BCUT2D eigenvalue weighted by Gasteiger charge is -2.25. The van der Waals surface area contributed by atoms with Gasteiger partial charge in [0, 0.05) is 22.5 Å². The Morgan fingerprint density at radius 3 is 2.38 bits per heavy atom. The molecule has 24 heavy (non-hydrogen) atoms. The second-order valence-corrected chi connectivity index (χ2v) is 7.27. The molecule has 0 aliphatic rings. The van der Waals surface area contributed by atoms with Crippen LogP contribution >= 0.6 is 0 Å². The molecule has 4 nitrogen and oxygen atoms in total. The number of nitrogens with zero attached hydrogens (tertiary/aromatic N) is 1. The van der Waals surface area contributed by atoms with Crippen molar-refractivity contribution in [3.8, 4) is 5.75 Å². The van der Waals surface area contributed by atoms with Crippen LogP contribution in [0.1, 0.15) is 48.1 Å². The standard InChI is InChI=1S/C20H28N2O2/c1-13-8-9-19(24-7)17(10-13)21-12-18(23)16-11-14(2)22(15(16)3)20(4,5)6/h8-11,21H,12H2,1-7H3. The Morgan fingerprint density at radius 1 is 1.17 bits per heavy atom. The van der Waals surface area contributed by atoms with Crippen LogP contribution in [-0.2, 0) is 5.54 Å². The summed E-state index contributed by atoms with van der Waals surface area (Å²) >= 11 is 0. The van der Waals surface area contributed by atoms with Crippen LogP contribution in [-0.4, -0.2) is 24.0 Å². The van der Waals surface area contributed by atoms with Gasteiger partial charge in [0.15, 0.2) is 5.78 Å². The SMILES string of the molecule is COc1ccc(C)cc1NCC(=O)c1cc(C)n(C(C)(C)C)c1C. The van der Waals surface area contributed by atoms with Gasteiger partial charge in [0.2, 0.25) is 0 Å². The van der Waals surface area contributed by atoms with Crippen LogP contribution in [0.3, 0.4) is 0 Å². The Labute approximate surface area is 144 Å². The van der Waals surface area contributed by atoms with Crippen molar-refractivity contribution in [2.45, 2.75) is 47.1 Å². The topological polar surface area (TPSA) is 43.3 Å². The van der Waals surface area contributed by atoms with E-state index >= 15 is 0 Å². The number of hydrogen-bond acceptors (Lipinski definition) is 3. The maximum absolute atomic E-state index is 12.7. The second-order valence-electron chi connectivity index (χ2n) is 7.27. The molecule has 1 heterocycles. The normalized spacial score (nSPS) is 11.5. The molecule has 0 unspecified atom stereocenters. The molecule has 2 aromatic rings. The number of ketones is 1. The Bertz CT molecular complexity index is 752. The number of hydrogen-bond donors (Lipinski definition) is 1. The van der Waals surface area contributed by atoms with Gasteiger partial charge in [0.05, 0.1) is 19.3 Å². The van der Waals surface area contributed by atoms with Crippen LogP contribution in [0.15, 0.2) is 24.3 Å². The quantitative estimate of drug-likeness (QED) is 0.823. The predicted molar refractivity (Wildman–Crippen MR) is 99.5 cm³/mol. The molecular formula is C20H28N2O2. The first-order valence-electron chi connectivity index (χ1n) is 8.26. The van der Waals surface area contributed by atoms with Gasteiger partial charge in [-0.2, -0.15) is 0 Å². The highest BCUT2D eigenvalue weighted by Gasteiger charge is 2.22. The van der Waals surface area contributed by atoms with E-state index in [2.05, 4.69) is 30.7 Å². The van der Waals surface area contributed by atoms with E-state index in [9.17, 15) is 4.79 Å². The van der Waals surface area contributed by atoms with E-state index in [1.165, 1.54) is 0 Å². The lowest BCUT2D eigenvalue weighted by atomic mass is 10.1. The molecule has 0 saturated heterocycles. The molecule has 1 aromatic carbocycles. The largest absolute Gasteiger partial charge is 0.495 e. The Balaban J connectivity index is 2.22. The lowest BCUT2D eigenvalue weighted by molar-refractivity contribution is 0.100. The van der Waals surface area contributed by atoms with Crippen molar-refractivity contribution < 1.29 is 9.53 Å². The molecular weight excluding hydrogens is 300 g/mol. The summed E-state index contributed by atoms with van der Waals surface area (Å²) in [4.78, 5) is 12.7. The van der Waals surface area contributed by atoms with Crippen molar-refractivity contribution >= 4 is 11.5 Å². The smallest absolute Gasteiger partial charge is 0.183 e. The van der Waals surface area contributed by atoms with E-state index in [0.29, 0.717) is 0 Å². The number of carbonyl (C=O) groups excluding carboxylic acids is 1. The number of Topliss-reactive ketones (excluding diaryl/α,β-unsaturated/α-hetero) is 1. The number of nitrogens with one attached hydrogen (secondary N) is 1. The summed E-state index contributed by atoms with van der Waals surface area (Å²) in [5.74, 6) is 0.829. The van der Waals surface area contributed by atoms with Crippen LogP contribution in [0.5, 0.6) is 5.75 Å². The zero-order valence-electron chi connectivity index (χ0n) is 15.8. The number of rotatable bonds is 5. The van der Waals surface area contributed by atoms with Crippen molar-refractivity contribution in [3.63, 3.8) is 0 Å². The van der Waals surface area contributed by atoms with Crippen molar-refractivity contribution in [2.24, 2.45) is 0 Å². The number of aryl methyl sites for hydroxylation is 2. The summed E-state index contributed by atoms with van der Waals surface area (Å²) in [6, 6.07) is 7.87. The first-order chi connectivity index (χ1) is 11.1. The van der Waals surface area contributed by atoms with Crippen molar-refractivity contribution in [2.75, 3.05) is 19.0 Å². The Morgan fingerprint density at radius 2 is 1.83 bits per heavy atom. The van der Waals surface area contributed by atoms with Gasteiger partial charge in [-0.1, -0.05) is 6.07 Å². The lowest BCUT2D eigenvalue weighted by Crippen LogP contribution is -2.24. The van der Waals surface area contributed by atoms with Gasteiger partial charge in [-0.3, -0.25) is 4.79 Å². The summed E-state index contributed by atoms with van der Waals surface area (Å²) in [7, 11) is 1.63. The molecule has 0 fully saturated rings. The van der Waals surface area contributed by atoms with Crippen molar-refractivity contribution in [1.82, 2.24) is 4.57 Å². The highest BCUT2D eigenvalue weighted by molar-refractivity contribution is 6.00. The molecule has 0 aliphatic carbocycles. The molecule has 1 aromatic heterocycles. The fraction of sp³-hybridized carbons (Fsp3) is 0.450. The zero-order chi connectivity index (χ0) is 18.1. The summed E-state index contributed by atoms with van der Waals surface area (Å²) in [5.41, 5.74) is 4.83. The first-order valence-corrected chi connectivity index (χ1v) is 8.26. The first kappa shape index (κ1) is 18.1. The number of anilines is 1. The van der Waals surface area contributed by atoms with Crippen molar-refractivity contribution in [3.05, 3.63) is 46.8 Å². The van der Waals surface area contributed by atoms with E-state index in [0.717, 1.165) is 34.0 Å². The molecule has 0 atom stereocenters. The van der Waals surface area contributed by atoms with Crippen LogP contribution in [0.2, 0.25) is 0 Å². The van der Waals surface area contributed by atoms with Crippen LogP contribution in [0, 0.1) is 20.8 Å². The maximum Gasteiger partial charge on any atom is 0.183 e. The van der Waals surface area contributed by atoms with E-state index in [-0.39, 0.29) is 17.9 Å². The third-order valence-electron chi connectivity index (χ3n) is 4.20. The zero-order valence-corrected chi connectivity index (χ0v) is 15.8. The van der Waals surface area contributed by atoms with Crippen LogP contribution in [0.4, 0.5) is 5.69 Å². The third kappa shape index (κ3) is 3.64. The van der Waals surface area contributed by atoms with Crippen molar-refractivity contribution in [1.29, 1.82) is 0 Å². The number of benzene rings is 1. The minimum atomic E-state index is -0.0418. The predicted octanol–water partition coefficient (Wildman–Crippen LogP) is 4.47. The molecule has 2 rings (SSSR count). The van der Waals surface area contributed by atoms with Crippen LogP contribution in [0.25, 0.3) is 0 Å². The highest BCUT2D eigenvalue weighted by atomic mass is 16.5.